The molecule has 13 heavy (non-hydrogen) atoms. The maximum absolute atomic E-state index is 11.1. The second kappa shape index (κ2) is 3.80. The van der Waals surface area contributed by atoms with Crippen molar-refractivity contribution in [2.75, 3.05) is 7.11 Å². The molecule has 0 aromatic rings. The zero-order valence-electron chi connectivity index (χ0n) is 7.75. The molecule has 1 fully saturated rings. The van der Waals surface area contributed by atoms with Gasteiger partial charge in [-0.25, -0.2) is 0 Å². The van der Waals surface area contributed by atoms with Gasteiger partial charge in [-0.2, -0.15) is 0 Å². The van der Waals surface area contributed by atoms with Crippen molar-refractivity contribution in [2.24, 2.45) is 5.92 Å². The quantitative estimate of drug-likeness (QED) is 0.480. The van der Waals surface area contributed by atoms with Gasteiger partial charge in [-0.05, 0) is 25.7 Å². The van der Waals surface area contributed by atoms with Gasteiger partial charge in [0.15, 0.2) is 0 Å². The zero-order chi connectivity index (χ0) is 9.90. The Kier molecular flexibility index (Phi) is 2.94. The first kappa shape index (κ1) is 10.1. The van der Waals surface area contributed by atoms with Crippen LogP contribution in [0.4, 0.5) is 0 Å². The molecule has 0 unspecified atom stereocenters. The van der Waals surface area contributed by atoms with E-state index in [2.05, 4.69) is 10.7 Å². The number of hydrogen-bond donors (Lipinski definition) is 1. The van der Waals surface area contributed by atoms with Crippen LogP contribution in [-0.4, -0.2) is 23.8 Å². The number of aliphatic hydroxyl groups is 1. The van der Waals surface area contributed by atoms with Crippen LogP contribution in [0.2, 0.25) is 0 Å². The largest absolute Gasteiger partial charge is 0.469 e. The standard InChI is InChI=1S/C10H14O3/c1-3-10(12)6-4-8(5-7-10)9(11)13-2/h1,8,12H,4-7H2,2H3. The number of ether oxygens (including phenoxy) is 1. The number of methoxy groups -OCH3 is 1. The number of terminal acetylenes is 1. The normalized spacial score (nSPS) is 33.5. The molecule has 1 saturated carbocycles. The van der Waals surface area contributed by atoms with Gasteiger partial charge in [0, 0.05) is 0 Å². The molecule has 0 saturated heterocycles. The molecule has 0 heterocycles. The average Bonchev–Trinajstić information content (AvgIpc) is 2.18. The van der Waals surface area contributed by atoms with Crippen LogP contribution in [0.1, 0.15) is 25.7 Å². The number of carbonyl (C=O) groups is 1. The van der Waals surface area contributed by atoms with Crippen LogP contribution in [0, 0.1) is 18.3 Å². The van der Waals surface area contributed by atoms with E-state index in [0.717, 1.165) is 0 Å². The summed E-state index contributed by atoms with van der Waals surface area (Å²) in [4.78, 5) is 11.1. The molecule has 3 heteroatoms. The summed E-state index contributed by atoms with van der Waals surface area (Å²) >= 11 is 0. The summed E-state index contributed by atoms with van der Waals surface area (Å²) in [6.07, 6.45) is 7.39. The topological polar surface area (TPSA) is 46.5 Å². The number of rotatable bonds is 1. The van der Waals surface area contributed by atoms with E-state index in [1.807, 2.05) is 0 Å². The molecule has 0 aromatic carbocycles. The van der Waals surface area contributed by atoms with Crippen LogP contribution in [0.5, 0.6) is 0 Å². The summed E-state index contributed by atoms with van der Waals surface area (Å²) in [5.74, 6) is 2.08. The minimum Gasteiger partial charge on any atom is -0.469 e. The van der Waals surface area contributed by atoms with Crippen molar-refractivity contribution in [3.05, 3.63) is 0 Å². The summed E-state index contributed by atoms with van der Waals surface area (Å²) in [5.41, 5.74) is -0.996. The summed E-state index contributed by atoms with van der Waals surface area (Å²) < 4.78 is 4.62. The maximum atomic E-state index is 11.1. The Labute approximate surface area is 78.1 Å². The highest BCUT2D eigenvalue weighted by Crippen LogP contribution is 2.31. The molecule has 0 bridgehead atoms. The second-order valence-electron chi connectivity index (χ2n) is 3.47. The molecule has 0 atom stereocenters. The highest BCUT2D eigenvalue weighted by Gasteiger charge is 2.34. The lowest BCUT2D eigenvalue weighted by molar-refractivity contribution is -0.147. The first-order valence-electron chi connectivity index (χ1n) is 4.39. The predicted molar refractivity (Wildman–Crippen MR) is 47.8 cm³/mol. The second-order valence-corrected chi connectivity index (χ2v) is 3.47. The van der Waals surface area contributed by atoms with Crippen LogP contribution in [0.25, 0.3) is 0 Å². The van der Waals surface area contributed by atoms with Gasteiger partial charge < -0.3 is 9.84 Å². The fourth-order valence-electron chi connectivity index (χ4n) is 1.64. The summed E-state index contributed by atoms with van der Waals surface area (Å²) in [6.45, 7) is 0. The molecule has 0 aliphatic heterocycles. The van der Waals surface area contributed by atoms with Gasteiger partial charge in [0.25, 0.3) is 0 Å². The highest BCUT2D eigenvalue weighted by atomic mass is 16.5. The molecule has 72 valence electrons. The van der Waals surface area contributed by atoms with Crippen molar-refractivity contribution >= 4 is 5.97 Å². The Hall–Kier alpha value is -1.01. The lowest BCUT2D eigenvalue weighted by Crippen LogP contribution is -2.34. The molecule has 0 radical (unpaired) electrons. The van der Waals surface area contributed by atoms with Crippen LogP contribution in [0.3, 0.4) is 0 Å². The number of carbonyl (C=O) groups excluding carboxylic acids is 1. The van der Waals surface area contributed by atoms with Gasteiger partial charge in [-0.15, -0.1) is 6.42 Å². The number of hydrogen-bond acceptors (Lipinski definition) is 3. The molecule has 1 N–H and O–H groups in total. The molecule has 1 aliphatic carbocycles. The Morgan fingerprint density at radius 2 is 2.15 bits per heavy atom. The van der Waals surface area contributed by atoms with Gasteiger partial charge in [0.05, 0.1) is 13.0 Å². The average molecular weight is 182 g/mol. The number of esters is 1. The van der Waals surface area contributed by atoms with Gasteiger partial charge in [0.1, 0.15) is 5.60 Å². The molecule has 3 nitrogen and oxygen atoms in total. The van der Waals surface area contributed by atoms with E-state index in [1.165, 1.54) is 7.11 Å². The van der Waals surface area contributed by atoms with E-state index in [0.29, 0.717) is 25.7 Å². The molecular formula is C10H14O3. The molecular weight excluding hydrogens is 168 g/mol. The smallest absolute Gasteiger partial charge is 0.308 e. The third kappa shape index (κ3) is 2.22. The highest BCUT2D eigenvalue weighted by molar-refractivity contribution is 5.72. The Balaban J connectivity index is 2.49. The summed E-state index contributed by atoms with van der Waals surface area (Å²) in [6, 6.07) is 0. The molecule has 0 aromatic heterocycles. The maximum Gasteiger partial charge on any atom is 0.308 e. The Morgan fingerprint density at radius 3 is 2.54 bits per heavy atom. The first-order valence-corrected chi connectivity index (χ1v) is 4.39. The van der Waals surface area contributed by atoms with Crippen molar-refractivity contribution in [1.29, 1.82) is 0 Å². The van der Waals surface area contributed by atoms with Gasteiger partial charge in [-0.3, -0.25) is 4.79 Å². The Morgan fingerprint density at radius 1 is 1.62 bits per heavy atom. The van der Waals surface area contributed by atoms with Crippen molar-refractivity contribution in [2.45, 2.75) is 31.3 Å². The minimum atomic E-state index is -0.996. The summed E-state index contributed by atoms with van der Waals surface area (Å²) in [5, 5.41) is 9.66. The van der Waals surface area contributed by atoms with Crippen molar-refractivity contribution < 1.29 is 14.6 Å². The molecule has 1 aliphatic rings. The van der Waals surface area contributed by atoms with E-state index >= 15 is 0 Å². The predicted octanol–water partition coefficient (Wildman–Crippen LogP) is 0.714. The van der Waals surface area contributed by atoms with Crippen LogP contribution in [0.15, 0.2) is 0 Å². The minimum absolute atomic E-state index is 0.0846. The van der Waals surface area contributed by atoms with Gasteiger partial charge >= 0.3 is 5.97 Å². The van der Waals surface area contributed by atoms with E-state index in [4.69, 9.17) is 6.42 Å². The zero-order valence-corrected chi connectivity index (χ0v) is 7.75. The lowest BCUT2D eigenvalue weighted by atomic mass is 9.79. The first-order chi connectivity index (χ1) is 6.11. The van der Waals surface area contributed by atoms with Crippen LogP contribution in [-0.2, 0) is 9.53 Å². The van der Waals surface area contributed by atoms with Gasteiger partial charge in [-0.1, -0.05) is 5.92 Å². The fraction of sp³-hybridized carbons (Fsp3) is 0.700. The van der Waals surface area contributed by atoms with Gasteiger partial charge in [0.2, 0.25) is 0 Å². The SMILES string of the molecule is C#CC1(O)CCC(C(=O)OC)CC1. The molecule has 0 spiro atoms. The van der Waals surface area contributed by atoms with Crippen LogP contribution < -0.4 is 0 Å². The van der Waals surface area contributed by atoms with Crippen molar-refractivity contribution in [1.82, 2.24) is 0 Å². The van der Waals surface area contributed by atoms with Crippen molar-refractivity contribution in [3.8, 4) is 12.3 Å². The van der Waals surface area contributed by atoms with E-state index in [1.54, 1.807) is 0 Å². The fourth-order valence-corrected chi connectivity index (χ4v) is 1.64. The lowest BCUT2D eigenvalue weighted by Gasteiger charge is -2.30. The Bertz CT molecular complexity index is 231. The van der Waals surface area contributed by atoms with Crippen molar-refractivity contribution in [3.63, 3.8) is 0 Å². The molecule has 1 rings (SSSR count). The summed E-state index contributed by atoms with van der Waals surface area (Å²) in [7, 11) is 1.38. The van der Waals surface area contributed by atoms with E-state index in [-0.39, 0.29) is 11.9 Å². The monoisotopic (exact) mass is 182 g/mol. The van der Waals surface area contributed by atoms with E-state index in [9.17, 15) is 9.90 Å². The van der Waals surface area contributed by atoms with E-state index < -0.39 is 5.60 Å². The third-order valence-corrected chi connectivity index (χ3v) is 2.62. The molecule has 0 amide bonds. The third-order valence-electron chi connectivity index (χ3n) is 2.62. The van der Waals surface area contributed by atoms with Crippen LogP contribution >= 0.6 is 0 Å².